The fourth-order valence-electron chi connectivity index (χ4n) is 4.77. The molecule has 0 amide bonds. The molecule has 2 aliphatic rings. The molecule has 0 saturated heterocycles. The minimum Gasteiger partial charge on any atom is -0.320 e. The van der Waals surface area contributed by atoms with Crippen LogP contribution < -0.4 is 0 Å². The second kappa shape index (κ2) is 6.35. The molecule has 0 fully saturated rings. The molecule has 27 heavy (non-hydrogen) atoms. The van der Waals surface area contributed by atoms with Gasteiger partial charge in [-0.15, -0.1) is 0 Å². The van der Waals surface area contributed by atoms with Crippen molar-refractivity contribution in [1.29, 1.82) is 0 Å². The van der Waals surface area contributed by atoms with E-state index in [0.717, 1.165) is 38.0 Å². The SMILES string of the molecule is Cc1ccc2c(c1)c1c(n2C=C2CCCc3cnc(C)cc32)CCN(C)C1. The van der Waals surface area contributed by atoms with Crippen LogP contribution in [-0.2, 0) is 19.4 Å². The van der Waals surface area contributed by atoms with Crippen molar-refractivity contribution in [2.24, 2.45) is 0 Å². The maximum atomic E-state index is 4.52. The van der Waals surface area contributed by atoms with Crippen molar-refractivity contribution < 1.29 is 0 Å². The van der Waals surface area contributed by atoms with E-state index >= 15 is 0 Å². The third-order valence-corrected chi connectivity index (χ3v) is 6.18. The molecule has 3 heteroatoms. The summed E-state index contributed by atoms with van der Waals surface area (Å²) < 4.78 is 2.50. The summed E-state index contributed by atoms with van der Waals surface area (Å²) in [6, 6.07) is 9.19. The van der Waals surface area contributed by atoms with Gasteiger partial charge in [0.05, 0.1) is 5.52 Å². The Morgan fingerprint density at radius 2 is 1.96 bits per heavy atom. The lowest BCUT2D eigenvalue weighted by Gasteiger charge is -2.24. The number of aromatic nitrogens is 2. The Morgan fingerprint density at radius 1 is 1.07 bits per heavy atom. The number of rotatable bonds is 1. The zero-order valence-electron chi connectivity index (χ0n) is 16.5. The summed E-state index contributed by atoms with van der Waals surface area (Å²) in [5.74, 6) is 0. The van der Waals surface area contributed by atoms with Crippen LogP contribution in [0.25, 0.3) is 22.7 Å². The first kappa shape index (κ1) is 16.8. The third kappa shape index (κ3) is 2.81. The molecule has 0 radical (unpaired) electrons. The van der Waals surface area contributed by atoms with Gasteiger partial charge in [0.1, 0.15) is 0 Å². The van der Waals surface area contributed by atoms with E-state index < -0.39 is 0 Å². The van der Waals surface area contributed by atoms with Crippen LogP contribution in [0.1, 0.15) is 46.5 Å². The van der Waals surface area contributed by atoms with E-state index in [1.807, 2.05) is 0 Å². The number of likely N-dealkylation sites (N-methyl/N-ethyl adjacent to an activating group) is 1. The monoisotopic (exact) mass is 357 g/mol. The molecule has 3 aromatic rings. The molecule has 0 spiro atoms. The Bertz CT molecular complexity index is 1070. The minimum absolute atomic E-state index is 1.05. The van der Waals surface area contributed by atoms with Crippen molar-refractivity contribution in [3.63, 3.8) is 0 Å². The van der Waals surface area contributed by atoms with Gasteiger partial charge >= 0.3 is 0 Å². The first-order valence-electron chi connectivity index (χ1n) is 10.1. The lowest BCUT2D eigenvalue weighted by atomic mass is 9.88. The van der Waals surface area contributed by atoms with E-state index in [4.69, 9.17) is 0 Å². The van der Waals surface area contributed by atoms with Gasteiger partial charge in [-0.3, -0.25) is 4.98 Å². The molecular formula is C24H27N3. The molecule has 5 rings (SSSR count). The Labute approximate surface area is 161 Å². The number of aryl methyl sites for hydroxylation is 3. The minimum atomic E-state index is 1.05. The Balaban J connectivity index is 1.73. The Morgan fingerprint density at radius 3 is 2.85 bits per heavy atom. The molecule has 1 aliphatic carbocycles. The largest absolute Gasteiger partial charge is 0.320 e. The highest BCUT2D eigenvalue weighted by Gasteiger charge is 2.23. The normalized spacial score (nSPS) is 18.7. The highest BCUT2D eigenvalue weighted by atomic mass is 15.1. The molecule has 0 N–H and O–H groups in total. The molecule has 138 valence electrons. The molecule has 0 saturated carbocycles. The predicted molar refractivity (Wildman–Crippen MR) is 113 cm³/mol. The number of fused-ring (bicyclic) bond motifs is 4. The lowest BCUT2D eigenvalue weighted by Crippen LogP contribution is -2.26. The summed E-state index contributed by atoms with van der Waals surface area (Å²) in [6.07, 6.45) is 9.14. The number of hydrogen-bond acceptors (Lipinski definition) is 2. The number of benzene rings is 1. The van der Waals surface area contributed by atoms with Gasteiger partial charge in [-0.05, 0) is 80.6 Å². The van der Waals surface area contributed by atoms with Gasteiger partial charge in [-0.1, -0.05) is 11.6 Å². The van der Waals surface area contributed by atoms with Gasteiger partial charge < -0.3 is 9.47 Å². The summed E-state index contributed by atoms with van der Waals surface area (Å²) in [5, 5.41) is 1.43. The van der Waals surface area contributed by atoms with Gasteiger partial charge in [-0.25, -0.2) is 0 Å². The van der Waals surface area contributed by atoms with Gasteiger partial charge in [0.25, 0.3) is 0 Å². The van der Waals surface area contributed by atoms with Crippen LogP contribution in [0.3, 0.4) is 0 Å². The van der Waals surface area contributed by atoms with Gasteiger partial charge in [0.2, 0.25) is 0 Å². The number of nitrogens with zero attached hydrogens (tertiary/aromatic N) is 3. The zero-order chi connectivity index (χ0) is 18.5. The van der Waals surface area contributed by atoms with Crippen molar-refractivity contribution in [2.45, 2.75) is 46.1 Å². The lowest BCUT2D eigenvalue weighted by molar-refractivity contribution is 0.312. The molecule has 1 aliphatic heterocycles. The van der Waals surface area contributed by atoms with Gasteiger partial charge in [0.15, 0.2) is 0 Å². The van der Waals surface area contributed by atoms with Crippen LogP contribution in [0.4, 0.5) is 0 Å². The van der Waals surface area contributed by atoms with Crippen molar-refractivity contribution in [3.8, 4) is 0 Å². The summed E-state index contributed by atoms with van der Waals surface area (Å²) in [7, 11) is 2.23. The second-order valence-electron chi connectivity index (χ2n) is 8.29. The molecule has 0 unspecified atom stereocenters. The summed E-state index contributed by atoms with van der Waals surface area (Å²) >= 11 is 0. The van der Waals surface area contributed by atoms with E-state index in [2.05, 4.69) is 72.0 Å². The summed E-state index contributed by atoms with van der Waals surface area (Å²) in [5.41, 5.74) is 11.1. The Hall–Kier alpha value is -2.39. The van der Waals surface area contributed by atoms with E-state index in [-0.39, 0.29) is 0 Å². The Kier molecular flexibility index (Phi) is 3.94. The van der Waals surface area contributed by atoms with Crippen molar-refractivity contribution >= 4 is 22.7 Å². The van der Waals surface area contributed by atoms with Crippen molar-refractivity contribution in [3.05, 3.63) is 64.1 Å². The van der Waals surface area contributed by atoms with E-state index in [9.17, 15) is 0 Å². The third-order valence-electron chi connectivity index (χ3n) is 6.18. The smallest absolute Gasteiger partial charge is 0.0529 e. The van der Waals surface area contributed by atoms with Crippen LogP contribution >= 0.6 is 0 Å². The van der Waals surface area contributed by atoms with E-state index in [0.29, 0.717) is 0 Å². The van der Waals surface area contributed by atoms with Crippen molar-refractivity contribution in [1.82, 2.24) is 14.5 Å². The fraction of sp³-hybridized carbons (Fsp3) is 0.375. The first-order valence-corrected chi connectivity index (χ1v) is 10.1. The highest BCUT2D eigenvalue weighted by molar-refractivity contribution is 5.91. The molecule has 3 nitrogen and oxygen atoms in total. The van der Waals surface area contributed by atoms with Crippen LogP contribution in [-0.4, -0.2) is 28.0 Å². The molecule has 1 aromatic carbocycles. The van der Waals surface area contributed by atoms with Crippen LogP contribution in [0, 0.1) is 13.8 Å². The number of pyridine rings is 1. The van der Waals surface area contributed by atoms with E-state index in [1.54, 1.807) is 0 Å². The average Bonchev–Trinajstić information content (AvgIpc) is 2.94. The maximum Gasteiger partial charge on any atom is 0.0529 e. The highest BCUT2D eigenvalue weighted by Crippen LogP contribution is 2.36. The van der Waals surface area contributed by atoms with Crippen molar-refractivity contribution in [2.75, 3.05) is 13.6 Å². The number of hydrogen-bond donors (Lipinski definition) is 0. The van der Waals surface area contributed by atoms with Gasteiger partial charge in [-0.2, -0.15) is 0 Å². The van der Waals surface area contributed by atoms with E-state index in [1.165, 1.54) is 50.8 Å². The summed E-state index contributed by atoms with van der Waals surface area (Å²) in [6.45, 7) is 6.47. The van der Waals surface area contributed by atoms with Crippen LogP contribution in [0.2, 0.25) is 0 Å². The molecule has 3 heterocycles. The summed E-state index contributed by atoms with van der Waals surface area (Å²) in [4.78, 5) is 6.96. The first-order chi connectivity index (χ1) is 13.1. The van der Waals surface area contributed by atoms with Crippen LogP contribution in [0.15, 0.2) is 30.5 Å². The second-order valence-corrected chi connectivity index (χ2v) is 8.29. The van der Waals surface area contributed by atoms with Crippen LogP contribution in [0.5, 0.6) is 0 Å². The molecule has 2 aromatic heterocycles. The fourth-order valence-corrected chi connectivity index (χ4v) is 4.77. The number of allylic oxidation sites excluding steroid dienone is 1. The van der Waals surface area contributed by atoms with Gasteiger partial charge in [0, 0.05) is 48.7 Å². The molecule has 0 bridgehead atoms. The predicted octanol–water partition coefficient (Wildman–Crippen LogP) is 4.98. The topological polar surface area (TPSA) is 21.1 Å². The standard InChI is InChI=1S/C24H27N3/c1-16-7-8-23-21(11-16)22-15-26(3)10-9-24(22)27(23)14-19-6-4-5-18-13-25-17(2)12-20(18)19/h7-8,11-14H,4-6,9-10,15H2,1-3H3. The average molecular weight is 358 g/mol. The quantitative estimate of drug-likeness (QED) is 0.613. The maximum absolute atomic E-state index is 4.52. The molecular weight excluding hydrogens is 330 g/mol. The molecule has 0 atom stereocenters. The zero-order valence-corrected chi connectivity index (χ0v) is 16.5.